The summed E-state index contributed by atoms with van der Waals surface area (Å²) < 4.78 is 16.5. The Morgan fingerprint density at radius 1 is 1.03 bits per heavy atom. The van der Waals surface area contributed by atoms with Crippen LogP contribution in [-0.4, -0.2) is 36.5 Å². The second-order valence-corrected chi connectivity index (χ2v) is 8.02. The Morgan fingerprint density at radius 2 is 1.88 bits per heavy atom. The van der Waals surface area contributed by atoms with Crippen LogP contribution < -0.4 is 14.8 Å². The molecule has 2 amide bonds. The first-order valence-corrected chi connectivity index (χ1v) is 10.8. The molecule has 1 N–H and O–H groups in total. The fourth-order valence-electron chi connectivity index (χ4n) is 4.27. The standard InChI is InChI=1S/C25H24N2O5/c1-16-6-7-18(14-19(16)26-24(28)22-5-3-11-30-22)25(29)27-10-2-4-20(27)17-8-9-21-23(15-17)32-13-12-31-21/h3,5-9,11,14-15,20H,2,4,10,12-13H2,1H3,(H,26,28)/t20-/m1/s1. The predicted molar refractivity (Wildman–Crippen MR) is 118 cm³/mol. The first kappa shape index (κ1) is 20.2. The largest absolute Gasteiger partial charge is 0.486 e. The van der Waals surface area contributed by atoms with Gasteiger partial charge in [0.05, 0.1) is 12.3 Å². The molecule has 32 heavy (non-hydrogen) atoms. The van der Waals surface area contributed by atoms with Gasteiger partial charge in [-0.25, -0.2) is 0 Å². The Labute approximate surface area is 185 Å². The predicted octanol–water partition coefficient (Wildman–Crippen LogP) is 4.59. The van der Waals surface area contributed by atoms with E-state index in [0.717, 1.165) is 35.5 Å². The number of likely N-dealkylation sites (tertiary alicyclic amines) is 1. The Kier molecular flexibility index (Phi) is 5.31. The highest BCUT2D eigenvalue weighted by molar-refractivity contribution is 6.04. The van der Waals surface area contributed by atoms with Gasteiger partial charge in [-0.2, -0.15) is 0 Å². The molecule has 5 rings (SSSR count). The van der Waals surface area contributed by atoms with Crippen LogP contribution in [0.25, 0.3) is 0 Å². The molecule has 3 aromatic rings. The van der Waals surface area contributed by atoms with Crippen LogP contribution in [0, 0.1) is 6.92 Å². The van der Waals surface area contributed by atoms with Gasteiger partial charge in [-0.15, -0.1) is 0 Å². The fourth-order valence-corrected chi connectivity index (χ4v) is 4.27. The van der Waals surface area contributed by atoms with E-state index in [4.69, 9.17) is 13.9 Å². The molecular formula is C25H24N2O5. The smallest absolute Gasteiger partial charge is 0.291 e. The quantitative estimate of drug-likeness (QED) is 0.652. The molecule has 1 saturated heterocycles. The molecule has 2 aliphatic heterocycles. The van der Waals surface area contributed by atoms with Crippen molar-refractivity contribution in [2.45, 2.75) is 25.8 Å². The van der Waals surface area contributed by atoms with Gasteiger partial charge in [-0.3, -0.25) is 9.59 Å². The lowest BCUT2D eigenvalue weighted by atomic mass is 10.0. The van der Waals surface area contributed by atoms with E-state index in [2.05, 4.69) is 5.32 Å². The van der Waals surface area contributed by atoms with Crippen LogP contribution >= 0.6 is 0 Å². The molecule has 0 bridgehead atoms. The molecule has 3 heterocycles. The van der Waals surface area contributed by atoms with Crippen LogP contribution in [0.2, 0.25) is 0 Å². The summed E-state index contributed by atoms with van der Waals surface area (Å²) in [6.45, 7) is 3.64. The molecule has 0 saturated carbocycles. The van der Waals surface area contributed by atoms with Crippen LogP contribution in [-0.2, 0) is 0 Å². The SMILES string of the molecule is Cc1ccc(C(=O)N2CCC[C@@H]2c2ccc3c(c2)OCCO3)cc1NC(=O)c1ccco1. The van der Waals surface area contributed by atoms with Crippen molar-refractivity contribution in [2.24, 2.45) is 0 Å². The molecule has 164 valence electrons. The minimum absolute atomic E-state index is 0.0270. The van der Waals surface area contributed by atoms with E-state index >= 15 is 0 Å². The van der Waals surface area contributed by atoms with Gasteiger partial charge in [-0.05, 0) is 67.3 Å². The van der Waals surface area contributed by atoms with Gasteiger partial charge >= 0.3 is 0 Å². The Balaban J connectivity index is 1.38. The van der Waals surface area contributed by atoms with Gasteiger partial charge < -0.3 is 24.1 Å². The molecule has 7 heteroatoms. The van der Waals surface area contributed by atoms with Crippen molar-refractivity contribution in [3.05, 3.63) is 77.2 Å². The van der Waals surface area contributed by atoms with Crippen molar-refractivity contribution in [2.75, 3.05) is 25.1 Å². The third-order valence-electron chi connectivity index (χ3n) is 5.94. The number of carbonyl (C=O) groups is 2. The summed E-state index contributed by atoms with van der Waals surface area (Å²) in [5.74, 6) is 1.28. The van der Waals surface area contributed by atoms with Crippen molar-refractivity contribution in [1.29, 1.82) is 0 Å². The van der Waals surface area contributed by atoms with Gasteiger partial charge in [0.25, 0.3) is 11.8 Å². The van der Waals surface area contributed by atoms with E-state index < -0.39 is 0 Å². The number of anilines is 1. The molecule has 0 unspecified atom stereocenters. The third-order valence-corrected chi connectivity index (χ3v) is 5.94. The molecule has 2 aromatic carbocycles. The van der Waals surface area contributed by atoms with E-state index in [9.17, 15) is 9.59 Å². The topological polar surface area (TPSA) is 81.0 Å². The number of ether oxygens (including phenoxy) is 2. The van der Waals surface area contributed by atoms with E-state index in [1.54, 1.807) is 24.3 Å². The van der Waals surface area contributed by atoms with E-state index in [0.29, 0.717) is 31.0 Å². The normalized spacial score (nSPS) is 17.3. The lowest BCUT2D eigenvalue weighted by Crippen LogP contribution is -2.30. The van der Waals surface area contributed by atoms with Crippen molar-refractivity contribution >= 4 is 17.5 Å². The van der Waals surface area contributed by atoms with Crippen LogP contribution in [0.5, 0.6) is 11.5 Å². The molecule has 2 aliphatic rings. The fraction of sp³-hybridized carbons (Fsp3) is 0.280. The summed E-state index contributed by atoms with van der Waals surface area (Å²) in [7, 11) is 0. The zero-order valence-electron chi connectivity index (χ0n) is 17.8. The maximum atomic E-state index is 13.4. The number of rotatable bonds is 4. The van der Waals surface area contributed by atoms with Gasteiger partial charge in [0.15, 0.2) is 17.3 Å². The third kappa shape index (κ3) is 3.82. The second-order valence-electron chi connectivity index (χ2n) is 8.02. The van der Waals surface area contributed by atoms with E-state index in [-0.39, 0.29) is 23.6 Å². The van der Waals surface area contributed by atoms with Crippen molar-refractivity contribution in [3.8, 4) is 11.5 Å². The Morgan fingerprint density at radius 3 is 2.69 bits per heavy atom. The maximum absolute atomic E-state index is 13.4. The zero-order valence-corrected chi connectivity index (χ0v) is 17.8. The number of benzene rings is 2. The number of hydrogen-bond acceptors (Lipinski definition) is 5. The average Bonchev–Trinajstić information content (AvgIpc) is 3.52. The summed E-state index contributed by atoms with van der Waals surface area (Å²) in [5, 5.41) is 2.84. The highest BCUT2D eigenvalue weighted by atomic mass is 16.6. The molecule has 1 fully saturated rings. The molecule has 0 radical (unpaired) electrons. The van der Waals surface area contributed by atoms with Crippen molar-refractivity contribution in [3.63, 3.8) is 0 Å². The number of amides is 2. The zero-order chi connectivity index (χ0) is 22.1. The summed E-state index contributed by atoms with van der Waals surface area (Å²) in [6.07, 6.45) is 3.27. The molecule has 0 aliphatic carbocycles. The minimum Gasteiger partial charge on any atom is -0.486 e. The molecule has 1 atom stereocenters. The first-order chi connectivity index (χ1) is 15.6. The molecule has 1 aromatic heterocycles. The Hall–Kier alpha value is -3.74. The molecule has 7 nitrogen and oxygen atoms in total. The first-order valence-electron chi connectivity index (χ1n) is 10.8. The summed E-state index contributed by atoms with van der Waals surface area (Å²) in [4.78, 5) is 27.7. The van der Waals surface area contributed by atoms with Crippen LogP contribution in [0.1, 0.15) is 50.9 Å². The monoisotopic (exact) mass is 432 g/mol. The highest BCUT2D eigenvalue weighted by Crippen LogP contribution is 2.38. The van der Waals surface area contributed by atoms with Crippen LogP contribution in [0.3, 0.4) is 0 Å². The molecular weight excluding hydrogens is 408 g/mol. The second kappa shape index (κ2) is 8.42. The van der Waals surface area contributed by atoms with E-state index in [1.165, 1.54) is 6.26 Å². The molecule has 0 spiro atoms. The van der Waals surface area contributed by atoms with Gasteiger partial charge in [0, 0.05) is 17.8 Å². The summed E-state index contributed by atoms with van der Waals surface area (Å²) >= 11 is 0. The number of nitrogens with zero attached hydrogens (tertiary/aromatic N) is 1. The summed E-state index contributed by atoms with van der Waals surface area (Å²) in [5.41, 5.74) is 3.03. The number of furan rings is 1. The van der Waals surface area contributed by atoms with Gasteiger partial charge in [0.1, 0.15) is 13.2 Å². The Bertz CT molecular complexity index is 1160. The van der Waals surface area contributed by atoms with Crippen molar-refractivity contribution in [1.82, 2.24) is 4.90 Å². The van der Waals surface area contributed by atoms with Gasteiger partial charge in [-0.1, -0.05) is 12.1 Å². The minimum atomic E-state index is -0.349. The number of fused-ring (bicyclic) bond motifs is 1. The van der Waals surface area contributed by atoms with Crippen LogP contribution in [0.15, 0.2) is 59.2 Å². The number of aryl methyl sites for hydroxylation is 1. The number of carbonyl (C=O) groups excluding carboxylic acids is 2. The lowest BCUT2D eigenvalue weighted by Gasteiger charge is -2.27. The van der Waals surface area contributed by atoms with Crippen LogP contribution in [0.4, 0.5) is 5.69 Å². The number of hydrogen-bond donors (Lipinski definition) is 1. The maximum Gasteiger partial charge on any atom is 0.291 e. The van der Waals surface area contributed by atoms with E-state index in [1.807, 2.05) is 36.1 Å². The van der Waals surface area contributed by atoms with Crippen molar-refractivity contribution < 1.29 is 23.5 Å². The highest BCUT2D eigenvalue weighted by Gasteiger charge is 2.31. The lowest BCUT2D eigenvalue weighted by molar-refractivity contribution is 0.0735. The summed E-state index contributed by atoms with van der Waals surface area (Å²) in [6, 6.07) is 14.5. The van der Waals surface area contributed by atoms with Gasteiger partial charge in [0.2, 0.25) is 0 Å². The number of nitrogens with one attached hydrogen (secondary N) is 1. The average molecular weight is 432 g/mol.